The van der Waals surface area contributed by atoms with E-state index in [-0.39, 0.29) is 12.1 Å². The lowest BCUT2D eigenvalue weighted by atomic mass is 9.96. The van der Waals surface area contributed by atoms with E-state index in [1.54, 1.807) is 12.4 Å². The molecule has 0 aromatic carbocycles. The summed E-state index contributed by atoms with van der Waals surface area (Å²) in [5.41, 5.74) is 2.90. The molecule has 0 radical (unpaired) electrons. The van der Waals surface area contributed by atoms with Crippen molar-refractivity contribution in [2.45, 2.75) is 90.1 Å². The van der Waals surface area contributed by atoms with E-state index >= 15 is 0 Å². The Morgan fingerprint density at radius 2 is 1.04 bits per heavy atom. The highest BCUT2D eigenvalue weighted by Crippen LogP contribution is 2.20. The van der Waals surface area contributed by atoms with Crippen molar-refractivity contribution in [2.75, 3.05) is 0 Å². The highest BCUT2D eigenvalue weighted by Gasteiger charge is 2.26. The lowest BCUT2D eigenvalue weighted by Gasteiger charge is -2.15. The summed E-state index contributed by atoms with van der Waals surface area (Å²) in [5.74, 6) is 0. The van der Waals surface area contributed by atoms with Crippen molar-refractivity contribution in [3.8, 4) is 0 Å². The molecule has 0 atom stereocenters. The van der Waals surface area contributed by atoms with Gasteiger partial charge in [-0.15, -0.1) is 0 Å². The first-order chi connectivity index (χ1) is 12.5. The Balaban J connectivity index is 1.79. The summed E-state index contributed by atoms with van der Waals surface area (Å²) in [5, 5.41) is 20.8. The maximum absolute atomic E-state index is 10.4. The molecule has 1 aromatic heterocycles. The van der Waals surface area contributed by atoms with Crippen LogP contribution < -0.4 is 0 Å². The highest BCUT2D eigenvalue weighted by molar-refractivity contribution is 5.78. The van der Waals surface area contributed by atoms with Gasteiger partial charge >= 0.3 is 0 Å². The Morgan fingerprint density at radius 3 is 1.38 bits per heavy atom. The Kier molecular flexibility index (Phi) is 6.22. The minimum Gasteiger partial charge on any atom is -0.290 e. The minimum absolute atomic E-state index is 0.177. The van der Waals surface area contributed by atoms with Gasteiger partial charge in [0.25, 0.3) is 0 Å². The molecule has 0 bridgehead atoms. The summed E-state index contributed by atoms with van der Waals surface area (Å²) < 4.78 is 2.64. The first-order valence-corrected chi connectivity index (χ1v) is 10.0. The predicted octanol–water partition coefficient (Wildman–Crippen LogP) is 3.40. The maximum atomic E-state index is 10.4. The fourth-order valence-corrected chi connectivity index (χ4v) is 4.03. The van der Waals surface area contributed by atoms with Crippen molar-refractivity contribution in [2.24, 2.45) is 0 Å². The molecule has 0 spiro atoms. The fourth-order valence-electron chi connectivity index (χ4n) is 4.03. The molecule has 2 N–H and O–H groups in total. The van der Waals surface area contributed by atoms with Crippen LogP contribution in [0, 0.1) is 13.8 Å². The molecule has 2 saturated carbocycles. The first-order valence-electron chi connectivity index (χ1n) is 10.0. The van der Waals surface area contributed by atoms with E-state index < -0.39 is 0 Å². The van der Waals surface area contributed by atoms with Crippen LogP contribution >= 0.6 is 0 Å². The third kappa shape index (κ3) is 4.59. The van der Waals surface area contributed by atoms with E-state index in [4.69, 9.17) is 0 Å². The molecule has 2 fully saturated rings. The number of hydrogen-bond acceptors (Lipinski definition) is 4. The van der Waals surface area contributed by atoms with E-state index in [1.165, 1.54) is 48.0 Å². The molecule has 0 aliphatic heterocycles. The Hall–Kier alpha value is -1.98. The van der Waals surface area contributed by atoms with Crippen LogP contribution in [0.25, 0.3) is 0 Å². The van der Waals surface area contributed by atoms with Crippen molar-refractivity contribution in [3.63, 3.8) is 0 Å². The van der Waals surface area contributed by atoms with Crippen LogP contribution in [0.1, 0.15) is 87.0 Å². The average Bonchev–Trinajstić information content (AvgIpc) is 2.67. The van der Waals surface area contributed by atoms with Crippen LogP contribution in [0.2, 0.25) is 0 Å². The largest absolute Gasteiger partial charge is 0.290 e. The molecule has 3 rings (SSSR count). The number of aryl methyl sites for hydroxylation is 2. The lowest BCUT2D eigenvalue weighted by molar-refractivity contribution is -0.797. The van der Waals surface area contributed by atoms with Gasteiger partial charge in [-0.1, -0.05) is 12.8 Å². The van der Waals surface area contributed by atoms with Gasteiger partial charge in [0.2, 0.25) is 24.5 Å². The number of nitrogens with zero attached hydrogens (tertiary/aromatic N) is 4. The van der Waals surface area contributed by atoms with Gasteiger partial charge in [-0.2, -0.15) is 0 Å². The van der Waals surface area contributed by atoms with Crippen molar-refractivity contribution in [3.05, 3.63) is 22.8 Å². The normalized spacial score (nSPS) is 21.2. The molecular weight excluding hydrogens is 328 g/mol. The second kappa shape index (κ2) is 8.60. The number of hydrogen-bond donors (Lipinski definition) is 2. The Morgan fingerprint density at radius 1 is 0.692 bits per heavy atom. The fraction of sp³-hybridized carbons (Fsp3) is 0.700. The summed E-state index contributed by atoms with van der Waals surface area (Å²) >= 11 is 0. The van der Waals surface area contributed by atoms with Crippen LogP contribution in [0.4, 0.5) is 0 Å². The smallest absolute Gasteiger partial charge is 0.243 e. The van der Waals surface area contributed by atoms with Gasteiger partial charge in [-0.3, -0.25) is 10.4 Å². The third-order valence-electron chi connectivity index (χ3n) is 5.72. The van der Waals surface area contributed by atoms with Gasteiger partial charge in [0.1, 0.15) is 0 Å². The molecule has 0 unspecified atom stereocenters. The highest BCUT2D eigenvalue weighted by atomic mass is 16.5. The standard InChI is InChI=1S/C20H32N4O2/c1-15-19(13-23(25)17-9-5-3-6-10-17)22-16(2)20(21-15)14-24(26)18-11-7-4-8-12-18/h13-14,17-18,25-26H,3-12H2,1-2H3/q+2. The van der Waals surface area contributed by atoms with E-state index in [0.717, 1.165) is 37.1 Å². The van der Waals surface area contributed by atoms with Crippen LogP contribution in [0.3, 0.4) is 0 Å². The first kappa shape index (κ1) is 18.8. The van der Waals surface area contributed by atoms with E-state index in [0.29, 0.717) is 11.4 Å². The monoisotopic (exact) mass is 360 g/mol. The zero-order valence-electron chi connectivity index (χ0n) is 16.1. The second-order valence-corrected chi connectivity index (χ2v) is 7.77. The molecular formula is C20H32N4O2+2. The van der Waals surface area contributed by atoms with Crippen LogP contribution in [-0.2, 0) is 0 Å². The van der Waals surface area contributed by atoms with Gasteiger partial charge in [0.05, 0.1) is 11.4 Å². The lowest BCUT2D eigenvalue weighted by Crippen LogP contribution is -2.28. The molecule has 1 heterocycles. The van der Waals surface area contributed by atoms with Gasteiger partial charge < -0.3 is 0 Å². The van der Waals surface area contributed by atoms with Crippen molar-refractivity contribution in [1.82, 2.24) is 9.97 Å². The Bertz CT molecular complexity index is 628. The number of hydroxylamine groups is 2. The van der Waals surface area contributed by atoms with Crippen molar-refractivity contribution >= 4 is 12.4 Å². The van der Waals surface area contributed by atoms with Gasteiger partial charge in [-0.05, 0) is 49.0 Å². The molecule has 2 aliphatic carbocycles. The summed E-state index contributed by atoms with van der Waals surface area (Å²) in [4.78, 5) is 9.23. The van der Waals surface area contributed by atoms with E-state index in [9.17, 15) is 10.4 Å². The quantitative estimate of drug-likeness (QED) is 0.374. The zero-order valence-corrected chi connectivity index (χ0v) is 16.1. The van der Waals surface area contributed by atoms with Crippen molar-refractivity contribution < 1.29 is 19.9 Å². The summed E-state index contributed by atoms with van der Waals surface area (Å²) in [6, 6.07) is 0.353. The molecule has 0 saturated heterocycles. The Labute approximate surface area is 155 Å². The second-order valence-electron chi connectivity index (χ2n) is 7.77. The molecule has 26 heavy (non-hydrogen) atoms. The van der Waals surface area contributed by atoms with E-state index in [2.05, 4.69) is 9.97 Å². The predicted molar refractivity (Wildman–Crippen MR) is 99.7 cm³/mol. The number of rotatable bonds is 4. The maximum Gasteiger partial charge on any atom is 0.243 e. The minimum atomic E-state index is 0.177. The molecule has 0 amide bonds. The molecule has 6 heteroatoms. The topological polar surface area (TPSA) is 72.3 Å². The SMILES string of the molecule is Cc1nc(/C=[N+](/O)C2CCCCC2)c(C)nc1/C=[N+](/O)C1CCCCC1. The van der Waals surface area contributed by atoms with E-state index in [1.807, 2.05) is 13.8 Å². The van der Waals surface area contributed by atoms with Gasteiger partial charge in [-0.25, -0.2) is 9.97 Å². The molecule has 2 aliphatic rings. The summed E-state index contributed by atoms with van der Waals surface area (Å²) in [7, 11) is 0. The van der Waals surface area contributed by atoms with Crippen LogP contribution in [-0.4, -0.2) is 54.4 Å². The molecule has 142 valence electrons. The average molecular weight is 361 g/mol. The van der Waals surface area contributed by atoms with Gasteiger partial charge in [0.15, 0.2) is 11.4 Å². The summed E-state index contributed by atoms with van der Waals surface area (Å²) in [6.45, 7) is 3.79. The summed E-state index contributed by atoms with van der Waals surface area (Å²) in [6.07, 6.45) is 14.7. The zero-order chi connectivity index (χ0) is 18.5. The van der Waals surface area contributed by atoms with Crippen molar-refractivity contribution in [1.29, 1.82) is 0 Å². The molecule has 1 aromatic rings. The van der Waals surface area contributed by atoms with Crippen LogP contribution in [0.15, 0.2) is 0 Å². The number of aromatic nitrogens is 2. The van der Waals surface area contributed by atoms with Crippen LogP contribution in [0.5, 0.6) is 0 Å². The molecule has 6 nitrogen and oxygen atoms in total. The third-order valence-corrected chi connectivity index (χ3v) is 5.72. The van der Waals surface area contributed by atoms with Gasteiger partial charge in [0, 0.05) is 25.7 Å².